The average molecular weight is 362 g/mol. The van der Waals surface area contributed by atoms with E-state index in [0.29, 0.717) is 23.5 Å². The van der Waals surface area contributed by atoms with Crippen molar-refractivity contribution in [3.63, 3.8) is 0 Å². The Labute approximate surface area is 158 Å². The van der Waals surface area contributed by atoms with E-state index < -0.39 is 0 Å². The molecule has 0 unspecified atom stereocenters. The van der Waals surface area contributed by atoms with Crippen molar-refractivity contribution >= 4 is 28.3 Å². The predicted molar refractivity (Wildman–Crippen MR) is 107 cm³/mol. The van der Waals surface area contributed by atoms with Crippen LogP contribution in [0.1, 0.15) is 23.7 Å². The summed E-state index contributed by atoms with van der Waals surface area (Å²) in [6, 6.07) is 20.5. The van der Waals surface area contributed by atoms with E-state index >= 15 is 0 Å². The number of nitrogens with one attached hydrogen (secondary N) is 2. The van der Waals surface area contributed by atoms with E-state index in [1.807, 2.05) is 49.4 Å². The van der Waals surface area contributed by atoms with Crippen molar-refractivity contribution in [2.24, 2.45) is 0 Å². The summed E-state index contributed by atoms with van der Waals surface area (Å²) < 4.78 is 5.59. The number of ether oxygens (including phenoxy) is 1. The minimum absolute atomic E-state index is 0.107. The van der Waals surface area contributed by atoms with Gasteiger partial charge in [0.15, 0.2) is 6.61 Å². The molecule has 0 radical (unpaired) electrons. The summed E-state index contributed by atoms with van der Waals surface area (Å²) >= 11 is 0. The molecule has 0 aliphatic heterocycles. The molecule has 0 bridgehead atoms. The molecule has 5 nitrogen and oxygen atoms in total. The molecule has 3 aromatic rings. The van der Waals surface area contributed by atoms with Crippen molar-refractivity contribution in [1.29, 1.82) is 0 Å². The molecule has 3 aromatic carbocycles. The summed E-state index contributed by atoms with van der Waals surface area (Å²) in [5.41, 5.74) is 1.07. The molecule has 0 aromatic heterocycles. The number of benzene rings is 3. The van der Waals surface area contributed by atoms with Crippen LogP contribution in [0.25, 0.3) is 10.8 Å². The summed E-state index contributed by atoms with van der Waals surface area (Å²) in [7, 11) is 0. The topological polar surface area (TPSA) is 67.4 Å². The van der Waals surface area contributed by atoms with Gasteiger partial charge in [0.2, 0.25) is 0 Å². The van der Waals surface area contributed by atoms with E-state index in [0.717, 1.165) is 17.2 Å². The third kappa shape index (κ3) is 5.07. The van der Waals surface area contributed by atoms with Gasteiger partial charge < -0.3 is 15.4 Å². The van der Waals surface area contributed by atoms with Crippen molar-refractivity contribution in [2.45, 2.75) is 13.3 Å². The van der Waals surface area contributed by atoms with Gasteiger partial charge in [0.25, 0.3) is 11.8 Å². The fourth-order valence-electron chi connectivity index (χ4n) is 2.68. The zero-order valence-electron chi connectivity index (χ0n) is 15.2. The molecule has 0 atom stereocenters. The average Bonchev–Trinajstić information content (AvgIpc) is 2.70. The molecule has 5 heteroatoms. The smallest absolute Gasteiger partial charge is 0.262 e. The number of fused-ring (bicyclic) bond motifs is 1. The van der Waals surface area contributed by atoms with E-state index in [2.05, 4.69) is 10.6 Å². The van der Waals surface area contributed by atoms with Gasteiger partial charge >= 0.3 is 0 Å². The van der Waals surface area contributed by atoms with E-state index in [-0.39, 0.29) is 18.4 Å². The molecule has 3 rings (SSSR count). The molecule has 0 spiro atoms. The van der Waals surface area contributed by atoms with Gasteiger partial charge in [0, 0.05) is 17.8 Å². The van der Waals surface area contributed by atoms with Gasteiger partial charge in [-0.05, 0) is 47.5 Å². The van der Waals surface area contributed by atoms with Crippen LogP contribution < -0.4 is 15.4 Å². The van der Waals surface area contributed by atoms with Crippen LogP contribution in [-0.2, 0) is 4.79 Å². The Balaban J connectivity index is 1.57. The van der Waals surface area contributed by atoms with Crippen molar-refractivity contribution in [1.82, 2.24) is 5.32 Å². The first-order valence-corrected chi connectivity index (χ1v) is 8.95. The summed E-state index contributed by atoms with van der Waals surface area (Å²) in [6.07, 6.45) is 0.869. The fraction of sp³-hybridized carbons (Fsp3) is 0.182. The number of hydrogen-bond donors (Lipinski definition) is 2. The van der Waals surface area contributed by atoms with E-state index in [4.69, 9.17) is 4.74 Å². The fourth-order valence-corrected chi connectivity index (χ4v) is 2.68. The number of carbonyl (C=O) groups is 2. The third-order valence-corrected chi connectivity index (χ3v) is 4.03. The Morgan fingerprint density at radius 2 is 1.74 bits per heavy atom. The van der Waals surface area contributed by atoms with Gasteiger partial charge in [-0.3, -0.25) is 9.59 Å². The Bertz CT molecular complexity index is 953. The molecule has 2 N–H and O–H groups in total. The number of hydrogen-bond acceptors (Lipinski definition) is 3. The molecular weight excluding hydrogens is 340 g/mol. The summed E-state index contributed by atoms with van der Waals surface area (Å²) in [5.74, 6) is 0.200. The molecule has 0 heterocycles. The maximum absolute atomic E-state index is 12.2. The molecular formula is C22H22N2O3. The van der Waals surface area contributed by atoms with Crippen LogP contribution in [0.3, 0.4) is 0 Å². The lowest BCUT2D eigenvalue weighted by atomic mass is 10.1. The Morgan fingerprint density at radius 3 is 2.56 bits per heavy atom. The van der Waals surface area contributed by atoms with Gasteiger partial charge in [-0.15, -0.1) is 0 Å². The van der Waals surface area contributed by atoms with Crippen LogP contribution >= 0.6 is 0 Å². The Morgan fingerprint density at radius 1 is 0.926 bits per heavy atom. The normalized spacial score (nSPS) is 10.4. The van der Waals surface area contributed by atoms with Crippen LogP contribution in [0.4, 0.5) is 5.69 Å². The maximum Gasteiger partial charge on any atom is 0.262 e. The monoisotopic (exact) mass is 362 g/mol. The first-order valence-electron chi connectivity index (χ1n) is 8.95. The lowest BCUT2D eigenvalue weighted by Gasteiger charge is -2.10. The maximum atomic E-state index is 12.2. The van der Waals surface area contributed by atoms with Crippen molar-refractivity contribution in [3.8, 4) is 5.75 Å². The minimum atomic E-state index is -0.283. The number of anilines is 1. The molecule has 0 saturated heterocycles. The van der Waals surface area contributed by atoms with Crippen molar-refractivity contribution in [3.05, 3.63) is 72.3 Å². The molecule has 27 heavy (non-hydrogen) atoms. The highest BCUT2D eigenvalue weighted by molar-refractivity contribution is 5.97. The van der Waals surface area contributed by atoms with Gasteiger partial charge in [-0.2, -0.15) is 0 Å². The summed E-state index contributed by atoms with van der Waals surface area (Å²) in [4.78, 5) is 24.2. The molecule has 138 valence electrons. The zero-order valence-corrected chi connectivity index (χ0v) is 15.2. The lowest BCUT2D eigenvalue weighted by molar-refractivity contribution is -0.118. The van der Waals surface area contributed by atoms with E-state index in [1.54, 1.807) is 24.3 Å². The lowest BCUT2D eigenvalue weighted by Crippen LogP contribution is -2.24. The number of carbonyl (C=O) groups excluding carboxylic acids is 2. The molecule has 0 fully saturated rings. The molecule has 0 aliphatic rings. The van der Waals surface area contributed by atoms with Crippen LogP contribution in [0.15, 0.2) is 66.7 Å². The SMILES string of the molecule is CCCNC(=O)c1cccc(NC(=O)COc2ccc3ccccc3c2)c1. The van der Waals surface area contributed by atoms with Crippen LogP contribution in [0.2, 0.25) is 0 Å². The highest BCUT2D eigenvalue weighted by Crippen LogP contribution is 2.20. The number of amides is 2. The largest absolute Gasteiger partial charge is 0.484 e. The van der Waals surface area contributed by atoms with Crippen molar-refractivity contribution < 1.29 is 14.3 Å². The highest BCUT2D eigenvalue weighted by atomic mass is 16.5. The second kappa shape index (κ2) is 8.85. The standard InChI is InChI=1S/C22H22N2O3/c1-2-12-23-22(26)18-8-5-9-19(13-18)24-21(25)15-27-20-11-10-16-6-3-4-7-17(16)14-20/h3-11,13-14H,2,12,15H2,1H3,(H,23,26)(H,24,25). The molecule has 2 amide bonds. The van der Waals surface area contributed by atoms with Crippen molar-refractivity contribution in [2.75, 3.05) is 18.5 Å². The summed E-state index contributed by atoms with van der Waals surface area (Å²) in [6.45, 7) is 2.51. The minimum Gasteiger partial charge on any atom is -0.484 e. The van der Waals surface area contributed by atoms with Gasteiger partial charge in [0.1, 0.15) is 5.75 Å². The molecule has 0 aliphatic carbocycles. The van der Waals surface area contributed by atoms with Crippen LogP contribution in [0, 0.1) is 0 Å². The summed E-state index contributed by atoms with van der Waals surface area (Å²) in [5, 5.41) is 7.75. The second-order valence-electron chi connectivity index (χ2n) is 6.18. The highest BCUT2D eigenvalue weighted by Gasteiger charge is 2.08. The second-order valence-corrected chi connectivity index (χ2v) is 6.18. The van der Waals surface area contributed by atoms with Crippen LogP contribution in [-0.4, -0.2) is 25.0 Å². The third-order valence-electron chi connectivity index (χ3n) is 4.03. The van der Waals surface area contributed by atoms with E-state index in [1.165, 1.54) is 0 Å². The van der Waals surface area contributed by atoms with Gasteiger partial charge in [0.05, 0.1) is 0 Å². The zero-order chi connectivity index (χ0) is 19.1. The first kappa shape index (κ1) is 18.5. The van der Waals surface area contributed by atoms with Gasteiger partial charge in [-0.25, -0.2) is 0 Å². The quantitative estimate of drug-likeness (QED) is 0.668. The Hall–Kier alpha value is -3.34. The van der Waals surface area contributed by atoms with Gasteiger partial charge in [-0.1, -0.05) is 43.3 Å². The number of rotatable bonds is 7. The Kier molecular flexibility index (Phi) is 6.05. The van der Waals surface area contributed by atoms with Crippen LogP contribution in [0.5, 0.6) is 5.75 Å². The predicted octanol–water partition coefficient (Wildman–Crippen LogP) is 4.00. The van der Waals surface area contributed by atoms with E-state index in [9.17, 15) is 9.59 Å². The molecule has 0 saturated carbocycles. The first-order chi connectivity index (χ1) is 13.2.